The van der Waals surface area contributed by atoms with Gasteiger partial charge in [0.15, 0.2) is 0 Å². The number of benzene rings is 1. The van der Waals surface area contributed by atoms with E-state index in [0.29, 0.717) is 18.0 Å². The third-order valence-corrected chi connectivity index (χ3v) is 1.76. The second kappa shape index (κ2) is 5.47. The lowest BCUT2D eigenvalue weighted by Crippen LogP contribution is -2.29. The number of hydrogen-bond acceptors (Lipinski definition) is 4. The molecule has 0 saturated carbocycles. The van der Waals surface area contributed by atoms with Crippen LogP contribution in [0.4, 0.5) is 5.69 Å². The molecule has 1 aromatic carbocycles. The highest BCUT2D eigenvalue weighted by atomic mass is 16.5. The number of anilines is 1. The molecule has 0 saturated heterocycles. The topological polar surface area (TPSA) is 67.5 Å². The van der Waals surface area contributed by atoms with Crippen LogP contribution in [0.3, 0.4) is 0 Å². The molecule has 0 radical (unpaired) electrons. The Hall–Kier alpha value is -1.26. The van der Waals surface area contributed by atoms with Gasteiger partial charge in [-0.3, -0.25) is 0 Å². The Labute approximate surface area is 83.7 Å². The molecule has 4 heteroatoms. The second-order valence-corrected chi connectivity index (χ2v) is 3.09. The summed E-state index contributed by atoms with van der Waals surface area (Å²) in [6, 6.07) is 7.09. The highest BCUT2D eigenvalue weighted by Gasteiger charge is 2.02. The van der Waals surface area contributed by atoms with Gasteiger partial charge < -0.3 is 20.9 Å². The standard InChI is InChI=1S/C10H16N2O2/c1-12-6-9(13)7-14-10-4-2-8(11)3-5-10/h2-5,9,12-13H,6-7,11H2,1H3. The number of nitrogens with two attached hydrogens (primary N) is 1. The second-order valence-electron chi connectivity index (χ2n) is 3.09. The lowest BCUT2D eigenvalue weighted by molar-refractivity contribution is 0.108. The largest absolute Gasteiger partial charge is 0.491 e. The first-order chi connectivity index (χ1) is 6.72. The van der Waals surface area contributed by atoms with Crippen LogP contribution in [0.25, 0.3) is 0 Å². The number of nitrogen functional groups attached to an aromatic ring is 1. The molecule has 0 spiro atoms. The average Bonchev–Trinajstić information content (AvgIpc) is 2.17. The van der Waals surface area contributed by atoms with Gasteiger partial charge in [-0.15, -0.1) is 0 Å². The number of aliphatic hydroxyl groups is 1. The summed E-state index contributed by atoms with van der Waals surface area (Å²) < 4.78 is 5.33. The van der Waals surface area contributed by atoms with E-state index in [1.807, 2.05) is 0 Å². The first-order valence-electron chi connectivity index (χ1n) is 4.53. The van der Waals surface area contributed by atoms with Crippen molar-refractivity contribution in [2.24, 2.45) is 0 Å². The summed E-state index contributed by atoms with van der Waals surface area (Å²) in [5.41, 5.74) is 6.22. The molecule has 1 rings (SSSR count). The summed E-state index contributed by atoms with van der Waals surface area (Å²) in [5.74, 6) is 0.717. The quantitative estimate of drug-likeness (QED) is 0.590. The molecule has 0 aliphatic rings. The van der Waals surface area contributed by atoms with Gasteiger partial charge in [-0.05, 0) is 31.3 Å². The number of hydrogen-bond donors (Lipinski definition) is 3. The van der Waals surface area contributed by atoms with E-state index in [1.165, 1.54) is 0 Å². The fraction of sp³-hybridized carbons (Fsp3) is 0.400. The molecule has 0 heterocycles. The van der Waals surface area contributed by atoms with Gasteiger partial charge in [-0.2, -0.15) is 0 Å². The highest BCUT2D eigenvalue weighted by Crippen LogP contribution is 2.12. The molecule has 0 aliphatic carbocycles. The fourth-order valence-corrected chi connectivity index (χ4v) is 1.05. The van der Waals surface area contributed by atoms with E-state index < -0.39 is 6.10 Å². The van der Waals surface area contributed by atoms with Crippen LogP contribution in [-0.2, 0) is 0 Å². The predicted molar refractivity (Wildman–Crippen MR) is 56.3 cm³/mol. The van der Waals surface area contributed by atoms with Crippen LogP contribution in [0.2, 0.25) is 0 Å². The number of likely N-dealkylation sites (N-methyl/N-ethyl adjacent to an activating group) is 1. The molecular formula is C10H16N2O2. The molecule has 1 aromatic rings. The van der Waals surface area contributed by atoms with Crippen molar-refractivity contribution in [2.75, 3.05) is 25.9 Å². The molecule has 4 N–H and O–H groups in total. The molecule has 78 valence electrons. The zero-order valence-corrected chi connectivity index (χ0v) is 8.23. The zero-order chi connectivity index (χ0) is 10.4. The van der Waals surface area contributed by atoms with Gasteiger partial charge in [0.05, 0.1) is 0 Å². The minimum absolute atomic E-state index is 0.282. The van der Waals surface area contributed by atoms with Crippen LogP contribution in [0.15, 0.2) is 24.3 Å². The van der Waals surface area contributed by atoms with E-state index in [4.69, 9.17) is 10.5 Å². The van der Waals surface area contributed by atoms with Crippen molar-refractivity contribution in [3.63, 3.8) is 0 Å². The molecule has 0 fully saturated rings. The van der Waals surface area contributed by atoms with Gasteiger partial charge in [0.2, 0.25) is 0 Å². The maximum Gasteiger partial charge on any atom is 0.119 e. The maximum absolute atomic E-state index is 9.35. The van der Waals surface area contributed by atoms with Crippen LogP contribution in [0, 0.1) is 0 Å². The van der Waals surface area contributed by atoms with E-state index in [9.17, 15) is 5.11 Å². The lowest BCUT2D eigenvalue weighted by atomic mass is 10.3. The molecule has 1 unspecified atom stereocenters. The highest BCUT2D eigenvalue weighted by molar-refractivity contribution is 5.41. The molecule has 0 aliphatic heterocycles. The van der Waals surface area contributed by atoms with Gasteiger partial charge in [0.25, 0.3) is 0 Å². The Balaban J connectivity index is 2.34. The van der Waals surface area contributed by atoms with Crippen LogP contribution in [0.5, 0.6) is 5.75 Å². The smallest absolute Gasteiger partial charge is 0.119 e. The van der Waals surface area contributed by atoms with Gasteiger partial charge in [0.1, 0.15) is 18.5 Å². The Bertz CT molecular complexity index is 261. The molecule has 0 amide bonds. The third kappa shape index (κ3) is 3.64. The van der Waals surface area contributed by atoms with E-state index in [0.717, 1.165) is 0 Å². The van der Waals surface area contributed by atoms with Gasteiger partial charge in [-0.1, -0.05) is 0 Å². The van der Waals surface area contributed by atoms with Crippen molar-refractivity contribution < 1.29 is 9.84 Å². The summed E-state index contributed by atoms with van der Waals surface area (Å²) in [6.45, 7) is 0.805. The number of ether oxygens (including phenoxy) is 1. The minimum Gasteiger partial charge on any atom is -0.491 e. The lowest BCUT2D eigenvalue weighted by Gasteiger charge is -2.11. The fourth-order valence-electron chi connectivity index (χ4n) is 1.05. The van der Waals surface area contributed by atoms with Crippen molar-refractivity contribution >= 4 is 5.69 Å². The number of nitrogens with one attached hydrogen (secondary N) is 1. The van der Waals surface area contributed by atoms with Crippen LogP contribution < -0.4 is 15.8 Å². The maximum atomic E-state index is 9.35. The number of rotatable bonds is 5. The van der Waals surface area contributed by atoms with Crippen molar-refractivity contribution in [1.82, 2.24) is 5.32 Å². The van der Waals surface area contributed by atoms with Crippen LogP contribution in [0.1, 0.15) is 0 Å². The summed E-state index contributed by atoms with van der Waals surface area (Å²) in [6.07, 6.45) is -0.488. The summed E-state index contributed by atoms with van der Waals surface area (Å²) >= 11 is 0. The molecular weight excluding hydrogens is 180 g/mol. The predicted octanol–water partition coefficient (Wildman–Crippen LogP) is 0.228. The Kier molecular flexibility index (Phi) is 4.22. The molecule has 14 heavy (non-hydrogen) atoms. The number of aliphatic hydroxyl groups excluding tert-OH is 1. The Morgan fingerprint density at radius 2 is 2.07 bits per heavy atom. The van der Waals surface area contributed by atoms with E-state index in [2.05, 4.69) is 5.32 Å². The van der Waals surface area contributed by atoms with E-state index >= 15 is 0 Å². The molecule has 0 bridgehead atoms. The minimum atomic E-state index is -0.488. The van der Waals surface area contributed by atoms with Gasteiger partial charge >= 0.3 is 0 Å². The first-order valence-corrected chi connectivity index (χ1v) is 4.53. The summed E-state index contributed by atoms with van der Waals surface area (Å²) in [7, 11) is 1.78. The molecule has 4 nitrogen and oxygen atoms in total. The van der Waals surface area contributed by atoms with Crippen molar-refractivity contribution in [3.05, 3.63) is 24.3 Å². The van der Waals surface area contributed by atoms with Crippen molar-refractivity contribution in [3.8, 4) is 5.75 Å². The first kappa shape index (κ1) is 10.8. The van der Waals surface area contributed by atoms with E-state index in [1.54, 1.807) is 31.3 Å². The summed E-state index contributed by atoms with van der Waals surface area (Å²) in [5, 5.41) is 12.2. The Morgan fingerprint density at radius 1 is 1.43 bits per heavy atom. The molecule has 1 atom stereocenters. The third-order valence-electron chi connectivity index (χ3n) is 1.76. The van der Waals surface area contributed by atoms with Crippen molar-refractivity contribution in [1.29, 1.82) is 0 Å². The zero-order valence-electron chi connectivity index (χ0n) is 8.23. The normalized spacial score (nSPS) is 12.4. The van der Waals surface area contributed by atoms with Gasteiger partial charge in [-0.25, -0.2) is 0 Å². The monoisotopic (exact) mass is 196 g/mol. The van der Waals surface area contributed by atoms with Crippen molar-refractivity contribution in [2.45, 2.75) is 6.10 Å². The van der Waals surface area contributed by atoms with Crippen LogP contribution >= 0.6 is 0 Å². The Morgan fingerprint density at radius 3 is 2.64 bits per heavy atom. The van der Waals surface area contributed by atoms with E-state index in [-0.39, 0.29) is 6.61 Å². The molecule has 0 aromatic heterocycles. The van der Waals surface area contributed by atoms with Crippen LogP contribution in [-0.4, -0.2) is 31.4 Å². The average molecular weight is 196 g/mol. The SMILES string of the molecule is CNCC(O)COc1ccc(N)cc1. The summed E-state index contributed by atoms with van der Waals surface area (Å²) in [4.78, 5) is 0. The van der Waals surface area contributed by atoms with Gasteiger partial charge in [0, 0.05) is 12.2 Å².